The van der Waals surface area contributed by atoms with Gasteiger partial charge in [0.15, 0.2) is 0 Å². The number of aromatic carboxylic acids is 1. The molecule has 0 amide bonds. The van der Waals surface area contributed by atoms with Crippen LogP contribution in [0.25, 0.3) is 39.3 Å². The maximum atomic E-state index is 12.5. The zero-order chi connectivity index (χ0) is 32.0. The van der Waals surface area contributed by atoms with Crippen LogP contribution in [0.3, 0.4) is 0 Å². The van der Waals surface area contributed by atoms with Gasteiger partial charge in [-0.25, -0.2) is 4.98 Å². The van der Waals surface area contributed by atoms with Gasteiger partial charge in [-0.3, -0.25) is 4.98 Å². The van der Waals surface area contributed by atoms with Crippen molar-refractivity contribution in [1.29, 1.82) is 0 Å². The molecule has 2 aliphatic rings. The van der Waals surface area contributed by atoms with E-state index in [9.17, 15) is 29.7 Å². The van der Waals surface area contributed by atoms with Gasteiger partial charge in [-0.05, 0) is 67.9 Å². The first-order chi connectivity index (χ1) is 20.9. The molecule has 3 aromatic rings. The van der Waals surface area contributed by atoms with Crippen LogP contribution in [0.1, 0.15) is 107 Å². The summed E-state index contributed by atoms with van der Waals surface area (Å²) in [6.45, 7) is 13.3. The normalized spacial score (nSPS) is 15.6. The Morgan fingerprint density at radius 2 is 1.59 bits per heavy atom. The third-order valence-electron chi connectivity index (χ3n) is 8.76. The Morgan fingerprint density at radius 3 is 2.17 bits per heavy atom. The molecule has 0 unspecified atom stereocenters. The summed E-state index contributed by atoms with van der Waals surface area (Å²) in [7, 11) is 0. The van der Waals surface area contributed by atoms with Crippen LogP contribution in [0.15, 0.2) is 24.8 Å². The number of fused-ring (bicyclic) bond motifs is 8. The zero-order valence-corrected chi connectivity index (χ0v) is 30.6. The van der Waals surface area contributed by atoms with Crippen LogP contribution < -0.4 is 76.7 Å². The number of aromatic nitrogens is 4. The standard InChI is InChI=1S/C34H36N4O6.Cu.K/c1-7-19-15(3)23-12-25-17(5)21(9-10-29(39)40)32(37-25)22(11-30(41)42)33-31(34(43)44)18(6)26(38-33)14-28-20(8-2)16(4)24(36-28)13-27(19)35-23;;/h7,12-14,17,21H,1,8-11H2,2-6H3,(H5,35,36,37,38,39,40,41,42,43,44);;/q;+2;+1/p-5/t17-,21-;;/m0../s1. The Labute approximate surface area is 319 Å². The summed E-state index contributed by atoms with van der Waals surface area (Å²) in [6.07, 6.45) is 1.46. The van der Waals surface area contributed by atoms with Crippen LogP contribution >= 0.6 is 0 Å². The van der Waals surface area contributed by atoms with E-state index < -0.39 is 30.2 Å². The Kier molecular flexibility index (Phi) is 12.2. The molecular formula is C34H31CuKN4O6-2. The minimum atomic E-state index is -1.52. The van der Waals surface area contributed by atoms with Crippen LogP contribution in [0, 0.1) is 13.8 Å². The number of allylic oxidation sites excluding steroid dienone is 2. The van der Waals surface area contributed by atoms with E-state index in [0.717, 1.165) is 22.3 Å². The van der Waals surface area contributed by atoms with Gasteiger partial charge in [0.2, 0.25) is 0 Å². The van der Waals surface area contributed by atoms with E-state index in [0.29, 0.717) is 40.1 Å². The van der Waals surface area contributed by atoms with Gasteiger partial charge in [0.05, 0.1) is 17.4 Å². The Hall–Kier alpha value is -2.83. The Balaban J connectivity index is 0.00000288. The zero-order valence-electron chi connectivity index (χ0n) is 26.5. The summed E-state index contributed by atoms with van der Waals surface area (Å²) >= 11 is 0. The molecule has 5 heterocycles. The predicted molar refractivity (Wildman–Crippen MR) is 160 cm³/mol. The van der Waals surface area contributed by atoms with Crippen molar-refractivity contribution in [2.75, 3.05) is 0 Å². The molecule has 0 saturated heterocycles. The average molecular weight is 694 g/mol. The number of aryl methyl sites for hydroxylation is 2. The number of carboxylic acid groups (broad SMARTS) is 3. The number of aliphatic carboxylic acids is 2. The maximum absolute atomic E-state index is 12.5. The SMILES string of the molecule is C=Cc1c(C)c2cc3nc(c(CC(=O)[O-])c4[n-]c(cc5nc(cc1[n-]2)C(C)=C5CC)c(C)c4C(=O)[O-])[C@@H](CCC(=O)[O-])[C@@H]3C.[Cu+2].[K+]. The molecule has 46 heavy (non-hydrogen) atoms. The molecule has 0 N–H and O–H groups in total. The van der Waals surface area contributed by atoms with Gasteiger partial charge in [-0.15, -0.1) is 22.1 Å². The number of carboxylic acids is 3. The molecule has 8 bridgehead atoms. The molecule has 1 radical (unpaired) electrons. The molecule has 2 aliphatic heterocycles. The van der Waals surface area contributed by atoms with Crippen LogP contribution in [0.5, 0.6) is 0 Å². The first-order valence-electron chi connectivity index (χ1n) is 14.5. The minimum absolute atomic E-state index is 0. The number of carbonyl (C=O) groups is 3. The second-order valence-electron chi connectivity index (χ2n) is 11.3. The van der Waals surface area contributed by atoms with Crippen LogP contribution in [0.4, 0.5) is 0 Å². The predicted octanol–water partition coefficient (Wildman–Crippen LogP) is -0.752. The molecule has 0 aromatic carbocycles. The van der Waals surface area contributed by atoms with E-state index in [1.165, 1.54) is 0 Å². The van der Waals surface area contributed by atoms with Gasteiger partial charge < -0.3 is 39.7 Å². The molecular weight excluding hydrogens is 663 g/mol. The van der Waals surface area contributed by atoms with Crippen LogP contribution in [-0.2, 0) is 33.1 Å². The van der Waals surface area contributed by atoms with Crippen molar-refractivity contribution in [3.05, 3.63) is 75.4 Å². The largest absolute Gasteiger partial charge is 2.00 e. The molecule has 3 aromatic heterocycles. The van der Waals surface area contributed by atoms with Crippen molar-refractivity contribution >= 4 is 57.2 Å². The van der Waals surface area contributed by atoms with E-state index in [2.05, 4.69) is 11.6 Å². The second-order valence-corrected chi connectivity index (χ2v) is 11.3. The molecule has 10 nitrogen and oxygen atoms in total. The average Bonchev–Trinajstić information content (AvgIpc) is 3.63. The summed E-state index contributed by atoms with van der Waals surface area (Å²) in [4.78, 5) is 55.4. The number of hydrogen-bond donors (Lipinski definition) is 0. The minimum Gasteiger partial charge on any atom is -0.657 e. The van der Waals surface area contributed by atoms with Crippen LogP contribution in [0.2, 0.25) is 0 Å². The number of nitrogens with zero attached hydrogens (tertiary/aromatic N) is 4. The van der Waals surface area contributed by atoms with E-state index >= 15 is 0 Å². The third-order valence-corrected chi connectivity index (χ3v) is 8.76. The third kappa shape index (κ3) is 6.89. The topological polar surface area (TPSA) is 174 Å². The fraction of sp³-hybridized carbons (Fsp3) is 0.324. The molecule has 0 spiro atoms. The molecule has 5 rings (SSSR count). The van der Waals surface area contributed by atoms with Gasteiger partial charge in [0, 0.05) is 41.6 Å². The molecule has 0 aliphatic carbocycles. The van der Waals surface area contributed by atoms with Gasteiger partial charge in [-0.1, -0.05) is 55.8 Å². The molecule has 0 fully saturated rings. The first-order valence-corrected chi connectivity index (χ1v) is 14.5. The van der Waals surface area contributed by atoms with E-state index in [1.54, 1.807) is 25.1 Å². The number of carbonyl (C=O) groups excluding carboxylic acids is 3. The van der Waals surface area contributed by atoms with Crippen molar-refractivity contribution in [2.24, 2.45) is 0 Å². The number of rotatable bonds is 8. The fourth-order valence-corrected chi connectivity index (χ4v) is 6.34. The summed E-state index contributed by atoms with van der Waals surface area (Å²) in [6, 6.07) is 5.38. The van der Waals surface area contributed by atoms with Crippen molar-refractivity contribution in [3.63, 3.8) is 0 Å². The van der Waals surface area contributed by atoms with Crippen molar-refractivity contribution in [3.8, 4) is 0 Å². The molecule has 237 valence electrons. The maximum Gasteiger partial charge on any atom is 2.00 e. The monoisotopic (exact) mass is 693 g/mol. The first kappa shape index (κ1) is 37.6. The van der Waals surface area contributed by atoms with Gasteiger partial charge in [-0.2, -0.15) is 0 Å². The van der Waals surface area contributed by atoms with Crippen LogP contribution in [-0.4, -0.2) is 27.9 Å². The quantitative estimate of drug-likeness (QED) is 0.273. The summed E-state index contributed by atoms with van der Waals surface area (Å²) in [5.74, 6) is -5.20. The summed E-state index contributed by atoms with van der Waals surface area (Å²) in [5.41, 5.74) is 7.22. The Morgan fingerprint density at radius 1 is 0.935 bits per heavy atom. The smallest absolute Gasteiger partial charge is 0.657 e. The Bertz CT molecular complexity index is 1960. The summed E-state index contributed by atoms with van der Waals surface area (Å²) in [5, 5.41) is 36.1. The van der Waals surface area contributed by atoms with E-state index in [4.69, 9.17) is 15.0 Å². The van der Waals surface area contributed by atoms with Gasteiger partial charge >= 0.3 is 68.5 Å². The van der Waals surface area contributed by atoms with Crippen molar-refractivity contribution < 1.29 is 98.2 Å². The van der Waals surface area contributed by atoms with Gasteiger partial charge in [0.25, 0.3) is 0 Å². The molecule has 0 saturated carbocycles. The summed E-state index contributed by atoms with van der Waals surface area (Å²) < 4.78 is 0. The van der Waals surface area contributed by atoms with Gasteiger partial charge in [0.1, 0.15) is 0 Å². The molecule has 2 atom stereocenters. The van der Waals surface area contributed by atoms with E-state index in [1.807, 2.05) is 33.8 Å². The second kappa shape index (κ2) is 14.9. The fourth-order valence-electron chi connectivity index (χ4n) is 6.34. The van der Waals surface area contributed by atoms with Crippen molar-refractivity contribution in [1.82, 2.24) is 19.9 Å². The van der Waals surface area contributed by atoms with Crippen molar-refractivity contribution in [2.45, 2.75) is 72.1 Å². The molecule has 12 heteroatoms. The number of hydrogen-bond acceptors (Lipinski definition) is 8. The van der Waals surface area contributed by atoms with E-state index in [-0.39, 0.29) is 115 Å².